The molecule has 1 rings (SSSR count). The van der Waals surface area contributed by atoms with Gasteiger partial charge in [-0.2, -0.15) is 0 Å². The lowest BCUT2D eigenvalue weighted by atomic mass is 10.2. The van der Waals surface area contributed by atoms with Crippen molar-refractivity contribution in [2.45, 2.75) is 25.9 Å². The van der Waals surface area contributed by atoms with Crippen molar-refractivity contribution in [3.05, 3.63) is 27.2 Å². The van der Waals surface area contributed by atoms with Crippen LogP contribution in [0.25, 0.3) is 0 Å². The lowest BCUT2D eigenvalue weighted by Gasteiger charge is -2.15. The Kier molecular flexibility index (Phi) is 5.70. The second kappa shape index (κ2) is 6.55. The van der Waals surface area contributed by atoms with E-state index in [1.165, 1.54) is 0 Å². The van der Waals surface area contributed by atoms with Crippen molar-refractivity contribution in [1.29, 1.82) is 0 Å². The van der Waals surface area contributed by atoms with Crippen LogP contribution in [0.5, 0.6) is 5.75 Å². The average Bonchev–Trinajstić information content (AvgIpc) is 2.23. The maximum atomic E-state index is 5.99. The SMILES string of the molecule is CC(CCCN)Oc1cc(Cl)c(Cl)cc1Cl. The van der Waals surface area contributed by atoms with Crippen LogP contribution in [-0.4, -0.2) is 12.6 Å². The maximum absolute atomic E-state index is 5.99. The molecular weight excluding hydrogens is 268 g/mol. The molecule has 5 heteroatoms. The van der Waals surface area contributed by atoms with E-state index in [2.05, 4.69) is 0 Å². The normalized spacial score (nSPS) is 12.6. The third kappa shape index (κ3) is 4.02. The van der Waals surface area contributed by atoms with Crippen LogP contribution in [-0.2, 0) is 0 Å². The molecule has 1 unspecified atom stereocenters. The van der Waals surface area contributed by atoms with Gasteiger partial charge in [0.1, 0.15) is 5.75 Å². The van der Waals surface area contributed by atoms with Gasteiger partial charge < -0.3 is 10.5 Å². The summed E-state index contributed by atoms with van der Waals surface area (Å²) in [6, 6.07) is 3.21. The molecule has 0 amide bonds. The minimum Gasteiger partial charge on any atom is -0.489 e. The predicted octanol–water partition coefficient (Wildman–Crippen LogP) is 4.15. The van der Waals surface area contributed by atoms with E-state index in [0.29, 0.717) is 27.4 Å². The van der Waals surface area contributed by atoms with Gasteiger partial charge in [0.2, 0.25) is 0 Å². The number of nitrogens with two attached hydrogens (primary N) is 1. The summed E-state index contributed by atoms with van der Waals surface area (Å²) in [5, 5.41) is 1.33. The number of hydrogen-bond donors (Lipinski definition) is 1. The minimum absolute atomic E-state index is 0.0540. The van der Waals surface area contributed by atoms with Crippen LogP contribution in [0.2, 0.25) is 15.1 Å². The van der Waals surface area contributed by atoms with Gasteiger partial charge in [0.15, 0.2) is 0 Å². The van der Waals surface area contributed by atoms with Crippen LogP contribution in [0.1, 0.15) is 19.8 Å². The Bertz CT molecular complexity index is 357. The Morgan fingerprint density at radius 3 is 2.44 bits per heavy atom. The van der Waals surface area contributed by atoms with Crippen LogP contribution < -0.4 is 10.5 Å². The van der Waals surface area contributed by atoms with Gasteiger partial charge in [-0.1, -0.05) is 34.8 Å². The van der Waals surface area contributed by atoms with E-state index in [9.17, 15) is 0 Å². The fourth-order valence-electron chi connectivity index (χ4n) is 1.28. The van der Waals surface area contributed by atoms with Gasteiger partial charge in [-0.25, -0.2) is 0 Å². The van der Waals surface area contributed by atoms with Crippen molar-refractivity contribution in [3.8, 4) is 5.75 Å². The van der Waals surface area contributed by atoms with Gasteiger partial charge in [0.05, 0.1) is 21.2 Å². The first kappa shape index (κ1) is 13.9. The second-order valence-corrected chi connectivity index (χ2v) is 4.78. The molecule has 0 radical (unpaired) electrons. The Morgan fingerprint density at radius 1 is 1.19 bits per heavy atom. The van der Waals surface area contributed by atoms with Crippen molar-refractivity contribution in [2.24, 2.45) is 5.73 Å². The molecule has 2 nitrogen and oxygen atoms in total. The molecule has 0 fully saturated rings. The summed E-state index contributed by atoms with van der Waals surface area (Å²) in [5.74, 6) is 0.556. The summed E-state index contributed by atoms with van der Waals surface area (Å²) >= 11 is 17.7. The largest absolute Gasteiger partial charge is 0.489 e. The minimum atomic E-state index is 0.0540. The molecule has 2 N–H and O–H groups in total. The predicted molar refractivity (Wildman–Crippen MR) is 69.9 cm³/mol. The number of benzene rings is 1. The molecule has 0 aliphatic carbocycles. The van der Waals surface area contributed by atoms with Crippen molar-refractivity contribution in [1.82, 2.24) is 0 Å². The maximum Gasteiger partial charge on any atom is 0.139 e. The van der Waals surface area contributed by atoms with E-state index in [4.69, 9.17) is 45.3 Å². The monoisotopic (exact) mass is 281 g/mol. The van der Waals surface area contributed by atoms with Gasteiger partial charge in [-0.05, 0) is 32.4 Å². The fourth-order valence-corrected chi connectivity index (χ4v) is 1.86. The van der Waals surface area contributed by atoms with Gasteiger partial charge in [0.25, 0.3) is 0 Å². The van der Waals surface area contributed by atoms with Gasteiger partial charge in [-0.15, -0.1) is 0 Å². The smallest absolute Gasteiger partial charge is 0.139 e. The third-order valence-corrected chi connectivity index (χ3v) is 3.14. The zero-order valence-corrected chi connectivity index (χ0v) is 11.2. The number of hydrogen-bond acceptors (Lipinski definition) is 2. The zero-order chi connectivity index (χ0) is 12.1. The summed E-state index contributed by atoms with van der Waals surface area (Å²) < 4.78 is 5.65. The highest BCUT2D eigenvalue weighted by Crippen LogP contribution is 2.34. The van der Waals surface area contributed by atoms with Gasteiger partial charge >= 0.3 is 0 Å². The van der Waals surface area contributed by atoms with E-state index in [-0.39, 0.29) is 6.10 Å². The van der Waals surface area contributed by atoms with Crippen molar-refractivity contribution >= 4 is 34.8 Å². The first-order valence-electron chi connectivity index (χ1n) is 5.06. The number of halogens is 3. The molecule has 0 saturated carbocycles. The molecule has 0 bridgehead atoms. The summed E-state index contributed by atoms with van der Waals surface area (Å²) in [4.78, 5) is 0. The lowest BCUT2D eigenvalue weighted by molar-refractivity contribution is 0.209. The van der Waals surface area contributed by atoms with Crippen molar-refractivity contribution in [3.63, 3.8) is 0 Å². The van der Waals surface area contributed by atoms with E-state index < -0.39 is 0 Å². The van der Waals surface area contributed by atoms with E-state index in [0.717, 1.165) is 12.8 Å². The van der Waals surface area contributed by atoms with E-state index >= 15 is 0 Å². The second-order valence-electron chi connectivity index (χ2n) is 3.56. The number of ether oxygens (including phenoxy) is 1. The molecule has 0 saturated heterocycles. The molecule has 0 spiro atoms. The van der Waals surface area contributed by atoms with Crippen LogP contribution in [0.15, 0.2) is 12.1 Å². The average molecular weight is 283 g/mol. The first-order valence-corrected chi connectivity index (χ1v) is 6.19. The molecule has 16 heavy (non-hydrogen) atoms. The molecule has 1 atom stereocenters. The Balaban J connectivity index is 2.69. The molecule has 90 valence electrons. The van der Waals surface area contributed by atoms with Crippen molar-refractivity contribution < 1.29 is 4.74 Å². The molecule has 1 aromatic carbocycles. The molecule has 0 aliphatic rings. The highest BCUT2D eigenvalue weighted by Gasteiger charge is 2.10. The van der Waals surface area contributed by atoms with Crippen LogP contribution in [0.4, 0.5) is 0 Å². The van der Waals surface area contributed by atoms with Crippen LogP contribution in [0, 0.1) is 0 Å². The lowest BCUT2D eigenvalue weighted by Crippen LogP contribution is -2.14. The Hall–Kier alpha value is -0.150. The third-order valence-electron chi connectivity index (χ3n) is 2.12. The van der Waals surface area contributed by atoms with E-state index in [1.54, 1.807) is 12.1 Å². The van der Waals surface area contributed by atoms with Crippen molar-refractivity contribution in [2.75, 3.05) is 6.54 Å². The zero-order valence-electron chi connectivity index (χ0n) is 8.97. The summed E-state index contributed by atoms with van der Waals surface area (Å²) in [6.45, 7) is 2.62. The van der Waals surface area contributed by atoms with Gasteiger partial charge in [-0.3, -0.25) is 0 Å². The van der Waals surface area contributed by atoms with Crippen LogP contribution >= 0.6 is 34.8 Å². The summed E-state index contributed by atoms with van der Waals surface area (Å²) in [5.41, 5.74) is 5.42. The highest BCUT2D eigenvalue weighted by atomic mass is 35.5. The fraction of sp³-hybridized carbons (Fsp3) is 0.455. The Labute approximate surface area is 111 Å². The van der Waals surface area contributed by atoms with E-state index in [1.807, 2.05) is 6.92 Å². The first-order chi connectivity index (χ1) is 7.54. The molecule has 0 heterocycles. The standard InChI is InChI=1S/C11H14Cl3NO/c1-7(3-2-4-15)16-11-6-9(13)8(12)5-10(11)14/h5-7H,2-4,15H2,1H3. The topological polar surface area (TPSA) is 35.2 Å². The molecule has 1 aromatic rings. The molecular formula is C11H14Cl3NO. The van der Waals surface area contributed by atoms with Crippen LogP contribution in [0.3, 0.4) is 0 Å². The number of rotatable bonds is 5. The van der Waals surface area contributed by atoms with Gasteiger partial charge in [0, 0.05) is 6.07 Å². The Morgan fingerprint density at radius 2 is 1.81 bits per heavy atom. The summed E-state index contributed by atoms with van der Waals surface area (Å²) in [7, 11) is 0. The summed E-state index contributed by atoms with van der Waals surface area (Å²) in [6.07, 6.45) is 1.85. The highest BCUT2D eigenvalue weighted by molar-refractivity contribution is 6.43. The molecule has 0 aliphatic heterocycles. The quantitative estimate of drug-likeness (QED) is 0.823. The molecule has 0 aromatic heterocycles.